The van der Waals surface area contributed by atoms with Crippen LogP contribution < -0.4 is 15.5 Å². The molecule has 2 amide bonds. The Balaban J connectivity index is 1.38. The zero-order chi connectivity index (χ0) is 24.0. The van der Waals surface area contributed by atoms with Gasteiger partial charge in [-0.1, -0.05) is 48.5 Å². The fourth-order valence-corrected chi connectivity index (χ4v) is 4.28. The van der Waals surface area contributed by atoms with Crippen LogP contribution in [0.25, 0.3) is 0 Å². The van der Waals surface area contributed by atoms with Crippen molar-refractivity contribution < 1.29 is 18.0 Å². The quantitative estimate of drug-likeness (QED) is 0.450. The lowest BCUT2D eigenvalue weighted by Gasteiger charge is -2.37. The van der Waals surface area contributed by atoms with Gasteiger partial charge in [-0.15, -0.1) is 0 Å². The lowest BCUT2D eigenvalue weighted by molar-refractivity contribution is -0.137. The highest BCUT2D eigenvalue weighted by Gasteiger charge is 2.32. The van der Waals surface area contributed by atoms with Gasteiger partial charge in [-0.2, -0.15) is 13.2 Å². The minimum absolute atomic E-state index is 0.0248. The second-order valence-electron chi connectivity index (χ2n) is 8.43. The summed E-state index contributed by atoms with van der Waals surface area (Å²) in [6, 6.07) is 21.7. The second kappa shape index (κ2) is 10.6. The molecule has 178 valence electrons. The predicted molar refractivity (Wildman–Crippen MR) is 127 cm³/mol. The number of para-hydroxylation sites is 1. The number of hydrogen-bond donors (Lipinski definition) is 2. The fourth-order valence-electron chi connectivity index (χ4n) is 4.28. The molecule has 2 N–H and O–H groups in total. The Bertz CT molecular complexity index is 1050. The average molecular weight is 469 g/mol. The van der Waals surface area contributed by atoms with E-state index < -0.39 is 11.7 Å². The van der Waals surface area contributed by atoms with E-state index in [0.717, 1.165) is 49.2 Å². The van der Waals surface area contributed by atoms with Crippen molar-refractivity contribution in [2.24, 2.45) is 0 Å². The maximum absolute atomic E-state index is 13.2. The van der Waals surface area contributed by atoms with Crippen LogP contribution in [0.5, 0.6) is 0 Å². The Morgan fingerprint density at radius 2 is 1.56 bits per heavy atom. The molecule has 5 nitrogen and oxygen atoms in total. The number of benzene rings is 2. The van der Waals surface area contributed by atoms with Gasteiger partial charge in [0.1, 0.15) is 5.82 Å². The van der Waals surface area contributed by atoms with E-state index in [1.807, 2.05) is 65.6 Å². The molecule has 0 spiro atoms. The largest absolute Gasteiger partial charge is 0.417 e. The van der Waals surface area contributed by atoms with Gasteiger partial charge in [-0.3, -0.25) is 4.90 Å². The predicted octanol–water partition coefficient (Wildman–Crippen LogP) is 6.24. The first-order valence-electron chi connectivity index (χ1n) is 11.4. The molecule has 0 unspecified atom stereocenters. The SMILES string of the molecule is O=C(NCc1ccccc1)N(c1ccccc1)[C@H]1CC[C@H](Nc2ccc(C(F)(F)F)cn2)CC1. The van der Waals surface area contributed by atoms with Crippen molar-refractivity contribution in [2.75, 3.05) is 10.2 Å². The van der Waals surface area contributed by atoms with Gasteiger partial charge in [0.2, 0.25) is 0 Å². The number of amides is 2. The highest BCUT2D eigenvalue weighted by atomic mass is 19.4. The van der Waals surface area contributed by atoms with E-state index in [0.29, 0.717) is 12.4 Å². The van der Waals surface area contributed by atoms with Crippen LogP contribution in [0.4, 0.5) is 29.5 Å². The number of nitrogens with zero attached hydrogens (tertiary/aromatic N) is 2. The third kappa shape index (κ3) is 6.07. The van der Waals surface area contributed by atoms with Gasteiger partial charge < -0.3 is 10.6 Å². The Kier molecular flexibility index (Phi) is 7.35. The van der Waals surface area contributed by atoms with Crippen LogP contribution in [0.2, 0.25) is 0 Å². The number of halogens is 3. The molecule has 0 atom stereocenters. The highest BCUT2D eigenvalue weighted by Crippen LogP contribution is 2.31. The molecule has 0 saturated heterocycles. The molecule has 0 radical (unpaired) electrons. The van der Waals surface area contributed by atoms with E-state index in [1.165, 1.54) is 6.07 Å². The summed E-state index contributed by atoms with van der Waals surface area (Å²) in [5, 5.41) is 6.27. The summed E-state index contributed by atoms with van der Waals surface area (Å²) in [6.45, 7) is 0.444. The fraction of sp³-hybridized carbons (Fsp3) is 0.308. The Labute approximate surface area is 197 Å². The third-order valence-electron chi connectivity index (χ3n) is 6.04. The van der Waals surface area contributed by atoms with Crippen molar-refractivity contribution in [2.45, 2.75) is 50.5 Å². The van der Waals surface area contributed by atoms with E-state index in [2.05, 4.69) is 15.6 Å². The monoisotopic (exact) mass is 468 g/mol. The van der Waals surface area contributed by atoms with Crippen molar-refractivity contribution in [3.05, 3.63) is 90.1 Å². The van der Waals surface area contributed by atoms with E-state index in [4.69, 9.17) is 0 Å². The first-order valence-corrected chi connectivity index (χ1v) is 11.4. The van der Waals surface area contributed by atoms with Crippen molar-refractivity contribution in [1.82, 2.24) is 10.3 Å². The van der Waals surface area contributed by atoms with Gasteiger partial charge >= 0.3 is 12.2 Å². The normalized spacial score (nSPS) is 18.2. The molecule has 1 saturated carbocycles. The lowest BCUT2D eigenvalue weighted by atomic mass is 9.90. The maximum Gasteiger partial charge on any atom is 0.417 e. The lowest BCUT2D eigenvalue weighted by Crippen LogP contribution is -2.48. The minimum atomic E-state index is -4.40. The molecule has 4 rings (SSSR count). The van der Waals surface area contributed by atoms with E-state index >= 15 is 0 Å². The highest BCUT2D eigenvalue weighted by molar-refractivity contribution is 5.92. The molecule has 1 heterocycles. The number of nitrogens with one attached hydrogen (secondary N) is 2. The van der Waals surface area contributed by atoms with Crippen LogP contribution in [0, 0.1) is 0 Å². The summed E-state index contributed by atoms with van der Waals surface area (Å²) in [5.41, 5.74) is 1.11. The van der Waals surface area contributed by atoms with Gasteiger partial charge in [0.25, 0.3) is 0 Å². The van der Waals surface area contributed by atoms with E-state index in [1.54, 1.807) is 0 Å². The smallest absolute Gasteiger partial charge is 0.367 e. The van der Waals surface area contributed by atoms with Crippen LogP contribution in [0.1, 0.15) is 36.8 Å². The van der Waals surface area contributed by atoms with Gasteiger partial charge in [0, 0.05) is 30.5 Å². The Hall–Kier alpha value is -3.55. The molecular weight excluding hydrogens is 441 g/mol. The van der Waals surface area contributed by atoms with Gasteiger partial charge in [-0.05, 0) is 55.5 Å². The van der Waals surface area contributed by atoms with Crippen molar-refractivity contribution in [3.8, 4) is 0 Å². The van der Waals surface area contributed by atoms with Crippen LogP contribution in [0.15, 0.2) is 79.0 Å². The van der Waals surface area contributed by atoms with E-state index in [-0.39, 0.29) is 18.1 Å². The van der Waals surface area contributed by atoms with Crippen LogP contribution >= 0.6 is 0 Å². The first kappa shape index (κ1) is 23.6. The Morgan fingerprint density at radius 3 is 2.15 bits per heavy atom. The van der Waals surface area contributed by atoms with Crippen LogP contribution in [-0.4, -0.2) is 23.1 Å². The number of hydrogen-bond acceptors (Lipinski definition) is 3. The summed E-state index contributed by atoms with van der Waals surface area (Å²) < 4.78 is 38.3. The number of carbonyl (C=O) groups is 1. The zero-order valence-corrected chi connectivity index (χ0v) is 18.6. The topological polar surface area (TPSA) is 57.3 Å². The van der Waals surface area contributed by atoms with E-state index in [9.17, 15) is 18.0 Å². The Morgan fingerprint density at radius 1 is 0.912 bits per heavy atom. The van der Waals surface area contributed by atoms with Crippen molar-refractivity contribution in [1.29, 1.82) is 0 Å². The molecule has 1 aromatic heterocycles. The maximum atomic E-state index is 13.2. The summed E-state index contributed by atoms with van der Waals surface area (Å²) in [5.74, 6) is 0.428. The van der Waals surface area contributed by atoms with Gasteiger partial charge in [0.05, 0.1) is 5.56 Å². The summed E-state index contributed by atoms with van der Waals surface area (Å²) in [7, 11) is 0. The average Bonchev–Trinajstić information content (AvgIpc) is 2.85. The molecule has 1 aliphatic carbocycles. The number of alkyl halides is 3. The first-order chi connectivity index (χ1) is 16.4. The standard InChI is InChI=1S/C26H27F3N4O/c27-26(28,29)20-11-16-24(30-18-20)32-21-12-14-23(15-13-21)33(22-9-5-2-6-10-22)25(34)31-17-19-7-3-1-4-8-19/h1-11,16,18,21,23H,12-15,17H2,(H,30,32)(H,31,34)/t21-,23-. The van der Waals surface area contributed by atoms with Gasteiger partial charge in [-0.25, -0.2) is 9.78 Å². The minimum Gasteiger partial charge on any atom is -0.367 e. The van der Waals surface area contributed by atoms with Crippen molar-refractivity contribution in [3.63, 3.8) is 0 Å². The molecule has 1 fully saturated rings. The number of anilines is 2. The van der Waals surface area contributed by atoms with Crippen LogP contribution in [0.3, 0.4) is 0 Å². The molecule has 8 heteroatoms. The summed E-state index contributed by atoms with van der Waals surface area (Å²) in [6.07, 6.45) is -0.447. The summed E-state index contributed by atoms with van der Waals surface area (Å²) in [4.78, 5) is 18.9. The number of rotatable bonds is 6. The number of pyridine rings is 1. The number of aromatic nitrogens is 1. The van der Waals surface area contributed by atoms with Gasteiger partial charge in [0.15, 0.2) is 0 Å². The molecule has 3 aromatic rings. The van der Waals surface area contributed by atoms with Crippen LogP contribution in [-0.2, 0) is 12.7 Å². The molecule has 0 aliphatic heterocycles. The number of carbonyl (C=O) groups excluding carboxylic acids is 1. The molecule has 1 aliphatic rings. The second-order valence-corrected chi connectivity index (χ2v) is 8.43. The third-order valence-corrected chi connectivity index (χ3v) is 6.04. The molecule has 34 heavy (non-hydrogen) atoms. The molecule has 2 aromatic carbocycles. The molecule has 0 bridgehead atoms. The molecular formula is C26H27F3N4O. The van der Waals surface area contributed by atoms with Crippen molar-refractivity contribution >= 4 is 17.5 Å². The summed E-state index contributed by atoms with van der Waals surface area (Å²) >= 11 is 0. The zero-order valence-electron chi connectivity index (χ0n) is 18.6. The number of urea groups is 1.